The Kier molecular flexibility index (Phi) is 3.58. The SMILES string of the molecule is C[C@H]1[C@H](c2ccccc2)c2ccccc2O[C@@H]1c1ccccn1. The fourth-order valence-electron chi connectivity index (χ4n) is 3.56. The quantitative estimate of drug-likeness (QED) is 0.665. The van der Waals surface area contributed by atoms with Crippen LogP contribution in [-0.4, -0.2) is 4.98 Å². The predicted molar refractivity (Wildman–Crippen MR) is 91.5 cm³/mol. The van der Waals surface area contributed by atoms with Crippen LogP contribution < -0.4 is 4.74 Å². The van der Waals surface area contributed by atoms with Crippen LogP contribution in [0.3, 0.4) is 0 Å². The van der Waals surface area contributed by atoms with Gasteiger partial charge in [-0.05, 0) is 23.8 Å². The van der Waals surface area contributed by atoms with E-state index in [1.165, 1.54) is 11.1 Å². The van der Waals surface area contributed by atoms with Crippen molar-refractivity contribution < 1.29 is 4.74 Å². The molecule has 23 heavy (non-hydrogen) atoms. The molecule has 3 atom stereocenters. The molecule has 3 aromatic rings. The molecule has 0 aliphatic carbocycles. The molecule has 2 aromatic carbocycles. The summed E-state index contributed by atoms with van der Waals surface area (Å²) in [7, 11) is 0. The molecule has 2 nitrogen and oxygen atoms in total. The average molecular weight is 301 g/mol. The lowest BCUT2D eigenvalue weighted by molar-refractivity contribution is 0.107. The van der Waals surface area contributed by atoms with Gasteiger partial charge in [0.2, 0.25) is 0 Å². The maximum Gasteiger partial charge on any atom is 0.144 e. The summed E-state index contributed by atoms with van der Waals surface area (Å²) < 4.78 is 6.32. The lowest BCUT2D eigenvalue weighted by atomic mass is 9.76. The van der Waals surface area contributed by atoms with Crippen molar-refractivity contribution in [2.24, 2.45) is 5.92 Å². The van der Waals surface area contributed by atoms with Crippen LogP contribution in [0.4, 0.5) is 0 Å². The first-order valence-corrected chi connectivity index (χ1v) is 8.06. The molecular weight excluding hydrogens is 282 g/mol. The third-order valence-corrected chi connectivity index (χ3v) is 4.65. The molecular formula is C21H19NO. The average Bonchev–Trinajstić information content (AvgIpc) is 2.63. The minimum atomic E-state index is -0.0312. The van der Waals surface area contributed by atoms with E-state index in [1.807, 2.05) is 24.4 Å². The third-order valence-electron chi connectivity index (χ3n) is 4.65. The standard InChI is InChI=1S/C21H19NO/c1-15-20(16-9-3-2-4-10-16)17-11-5-6-13-19(17)23-21(15)18-12-7-8-14-22-18/h2-15,20-21H,1H3/t15-,20+,21-/m0/s1. The van der Waals surface area contributed by atoms with Gasteiger partial charge in [0.15, 0.2) is 0 Å². The highest BCUT2D eigenvalue weighted by atomic mass is 16.5. The van der Waals surface area contributed by atoms with Crippen molar-refractivity contribution in [3.8, 4) is 5.75 Å². The lowest BCUT2D eigenvalue weighted by Crippen LogP contribution is -2.29. The molecule has 0 spiro atoms. The lowest BCUT2D eigenvalue weighted by Gasteiger charge is -2.38. The molecule has 2 heterocycles. The van der Waals surface area contributed by atoms with E-state index in [0.29, 0.717) is 11.8 Å². The summed E-state index contributed by atoms with van der Waals surface area (Å²) in [6.45, 7) is 2.26. The van der Waals surface area contributed by atoms with Gasteiger partial charge in [-0.15, -0.1) is 0 Å². The molecule has 1 aromatic heterocycles. The third kappa shape index (κ3) is 2.50. The van der Waals surface area contributed by atoms with Gasteiger partial charge < -0.3 is 4.74 Å². The number of hydrogen-bond donors (Lipinski definition) is 0. The van der Waals surface area contributed by atoms with E-state index in [1.54, 1.807) is 0 Å². The van der Waals surface area contributed by atoms with E-state index < -0.39 is 0 Å². The summed E-state index contributed by atoms with van der Waals surface area (Å²) in [6.07, 6.45) is 1.81. The van der Waals surface area contributed by atoms with Gasteiger partial charge in [0, 0.05) is 23.6 Å². The van der Waals surface area contributed by atoms with Crippen molar-refractivity contribution >= 4 is 0 Å². The molecule has 0 saturated carbocycles. The van der Waals surface area contributed by atoms with E-state index >= 15 is 0 Å². The number of aromatic nitrogens is 1. The number of hydrogen-bond acceptors (Lipinski definition) is 2. The maximum atomic E-state index is 6.32. The molecule has 2 heteroatoms. The first kappa shape index (κ1) is 14.0. The molecule has 1 aliphatic heterocycles. The second kappa shape index (κ2) is 5.88. The van der Waals surface area contributed by atoms with Gasteiger partial charge in [0.05, 0.1) is 5.69 Å². The van der Waals surface area contributed by atoms with Gasteiger partial charge in [-0.3, -0.25) is 4.98 Å². The Morgan fingerprint density at radius 1 is 0.826 bits per heavy atom. The molecule has 0 saturated heterocycles. The van der Waals surface area contributed by atoms with E-state index in [9.17, 15) is 0 Å². The molecule has 4 rings (SSSR count). The van der Waals surface area contributed by atoms with Crippen LogP contribution >= 0.6 is 0 Å². The first-order valence-electron chi connectivity index (χ1n) is 8.06. The summed E-state index contributed by atoms with van der Waals surface area (Å²) in [6, 6.07) is 25.1. The van der Waals surface area contributed by atoms with Gasteiger partial charge >= 0.3 is 0 Å². The molecule has 114 valence electrons. The zero-order valence-electron chi connectivity index (χ0n) is 13.1. The minimum absolute atomic E-state index is 0.0312. The molecule has 1 aliphatic rings. The fourth-order valence-corrected chi connectivity index (χ4v) is 3.56. The van der Waals surface area contributed by atoms with Crippen molar-refractivity contribution in [2.75, 3.05) is 0 Å². The molecule has 0 N–H and O–H groups in total. The number of benzene rings is 2. The highest BCUT2D eigenvalue weighted by molar-refractivity contribution is 5.45. The van der Waals surface area contributed by atoms with Crippen LogP contribution in [0.25, 0.3) is 0 Å². The number of para-hydroxylation sites is 1. The number of pyridine rings is 1. The highest BCUT2D eigenvalue weighted by Gasteiger charge is 2.37. The number of fused-ring (bicyclic) bond motifs is 1. The smallest absolute Gasteiger partial charge is 0.144 e. The second-order valence-corrected chi connectivity index (χ2v) is 6.08. The first-order chi connectivity index (χ1) is 11.3. The number of ether oxygens (including phenoxy) is 1. The van der Waals surface area contributed by atoms with Gasteiger partial charge in [-0.25, -0.2) is 0 Å². The minimum Gasteiger partial charge on any atom is -0.484 e. The van der Waals surface area contributed by atoms with E-state index in [-0.39, 0.29) is 6.10 Å². The van der Waals surface area contributed by atoms with E-state index in [2.05, 4.69) is 66.5 Å². The van der Waals surface area contributed by atoms with Crippen LogP contribution in [0.5, 0.6) is 5.75 Å². The normalized spacial score (nSPS) is 22.9. The van der Waals surface area contributed by atoms with E-state index in [0.717, 1.165) is 11.4 Å². The zero-order chi connectivity index (χ0) is 15.6. The van der Waals surface area contributed by atoms with Gasteiger partial charge in [0.25, 0.3) is 0 Å². The maximum absolute atomic E-state index is 6.32. The van der Waals surface area contributed by atoms with Gasteiger partial charge in [-0.2, -0.15) is 0 Å². The van der Waals surface area contributed by atoms with Crippen LogP contribution in [0, 0.1) is 5.92 Å². The highest BCUT2D eigenvalue weighted by Crippen LogP contribution is 2.48. The Morgan fingerprint density at radius 3 is 2.35 bits per heavy atom. The molecule has 0 radical (unpaired) electrons. The van der Waals surface area contributed by atoms with E-state index in [4.69, 9.17) is 4.74 Å². The summed E-state index contributed by atoms with van der Waals surface area (Å²) in [5.74, 6) is 1.59. The Hall–Kier alpha value is -2.61. The largest absolute Gasteiger partial charge is 0.484 e. The Balaban J connectivity index is 1.83. The molecule has 0 fully saturated rings. The van der Waals surface area contributed by atoms with Crippen LogP contribution in [0.15, 0.2) is 79.0 Å². The molecule has 0 amide bonds. The summed E-state index contributed by atoms with van der Waals surface area (Å²) in [5.41, 5.74) is 3.59. The van der Waals surface area contributed by atoms with Gasteiger partial charge in [0.1, 0.15) is 11.9 Å². The monoisotopic (exact) mass is 301 g/mol. The van der Waals surface area contributed by atoms with Crippen molar-refractivity contribution in [1.29, 1.82) is 0 Å². The van der Waals surface area contributed by atoms with Crippen molar-refractivity contribution in [3.63, 3.8) is 0 Å². The van der Waals surface area contributed by atoms with Gasteiger partial charge in [-0.1, -0.05) is 61.5 Å². The van der Waals surface area contributed by atoms with Crippen LogP contribution in [-0.2, 0) is 0 Å². The summed E-state index contributed by atoms with van der Waals surface area (Å²) >= 11 is 0. The molecule has 0 bridgehead atoms. The topological polar surface area (TPSA) is 22.1 Å². The van der Waals surface area contributed by atoms with Crippen LogP contribution in [0.1, 0.15) is 35.8 Å². The second-order valence-electron chi connectivity index (χ2n) is 6.08. The Morgan fingerprint density at radius 2 is 1.57 bits per heavy atom. The summed E-state index contributed by atoms with van der Waals surface area (Å²) in [4.78, 5) is 4.53. The van der Waals surface area contributed by atoms with Crippen LogP contribution in [0.2, 0.25) is 0 Å². The van der Waals surface area contributed by atoms with Crippen molar-refractivity contribution in [3.05, 3.63) is 95.8 Å². The number of nitrogens with zero attached hydrogens (tertiary/aromatic N) is 1. The Labute approximate surface area is 136 Å². The Bertz CT molecular complexity index is 785. The summed E-state index contributed by atoms with van der Waals surface area (Å²) in [5, 5.41) is 0. The predicted octanol–water partition coefficient (Wildman–Crippen LogP) is 4.98. The zero-order valence-corrected chi connectivity index (χ0v) is 13.1. The number of rotatable bonds is 2. The molecule has 0 unspecified atom stereocenters. The van der Waals surface area contributed by atoms with Crippen molar-refractivity contribution in [2.45, 2.75) is 18.9 Å². The fraction of sp³-hybridized carbons (Fsp3) is 0.190. The van der Waals surface area contributed by atoms with Crippen molar-refractivity contribution in [1.82, 2.24) is 4.98 Å².